The summed E-state index contributed by atoms with van der Waals surface area (Å²) in [6.45, 7) is 4.67. The second-order valence-electron chi connectivity index (χ2n) is 12.6. The van der Waals surface area contributed by atoms with Gasteiger partial charge in [-0.2, -0.15) is 0 Å². The van der Waals surface area contributed by atoms with Crippen LogP contribution >= 0.6 is 11.3 Å². The number of furan rings is 1. The van der Waals surface area contributed by atoms with Crippen molar-refractivity contribution in [2.24, 2.45) is 9.98 Å². The largest absolute Gasteiger partial charge is 0.455 e. The highest BCUT2D eigenvalue weighted by atomic mass is 32.1. The van der Waals surface area contributed by atoms with E-state index in [4.69, 9.17) is 14.4 Å². The van der Waals surface area contributed by atoms with Gasteiger partial charge in [-0.3, -0.25) is 4.99 Å². The highest BCUT2D eigenvalue weighted by Gasteiger charge is 2.29. The molecular weight excluding hydrogens is 617 g/mol. The molecule has 0 spiro atoms. The second kappa shape index (κ2) is 11.0. The topological polar surface area (TPSA) is 37.9 Å². The molecule has 3 heterocycles. The van der Waals surface area contributed by atoms with Crippen molar-refractivity contribution < 1.29 is 4.42 Å². The third-order valence-electron chi connectivity index (χ3n) is 9.70. The van der Waals surface area contributed by atoms with E-state index in [0.29, 0.717) is 5.84 Å². The standard InChI is InChI=1S/C45H28N2OS/c1-27-41(30-23-21-29(22-24-30)28-11-3-2-4-12-28)46-45(47-42(27)36-18-10-17-35-33-15-7-8-20-40(33)49-44(35)36)37-19-9-16-34-38-25-31-13-5-6-14-32(31)26-39(38)48-43(34)37/h2-26,41H,1H2. The molecule has 1 aliphatic rings. The Kier molecular flexibility index (Phi) is 6.27. The zero-order valence-corrected chi connectivity index (χ0v) is 27.2. The summed E-state index contributed by atoms with van der Waals surface area (Å²) < 4.78 is 9.12. The van der Waals surface area contributed by atoms with Crippen LogP contribution in [0, 0.1) is 0 Å². The lowest BCUT2D eigenvalue weighted by Crippen LogP contribution is -2.20. The van der Waals surface area contributed by atoms with Crippen molar-refractivity contribution in [2.45, 2.75) is 6.04 Å². The highest BCUT2D eigenvalue weighted by Crippen LogP contribution is 2.41. The van der Waals surface area contributed by atoms with Crippen LogP contribution in [0.3, 0.4) is 0 Å². The third-order valence-corrected chi connectivity index (χ3v) is 10.9. The van der Waals surface area contributed by atoms with Gasteiger partial charge in [0.2, 0.25) is 0 Å². The van der Waals surface area contributed by atoms with Gasteiger partial charge in [0.15, 0.2) is 5.84 Å². The Bertz CT molecular complexity index is 2840. The van der Waals surface area contributed by atoms with Gasteiger partial charge in [-0.15, -0.1) is 11.3 Å². The van der Waals surface area contributed by atoms with Gasteiger partial charge in [0, 0.05) is 42.1 Å². The van der Waals surface area contributed by atoms with Gasteiger partial charge in [0.25, 0.3) is 0 Å². The second-order valence-corrected chi connectivity index (χ2v) is 13.6. The molecule has 0 amide bonds. The van der Waals surface area contributed by atoms with Gasteiger partial charge in [0.1, 0.15) is 17.2 Å². The molecule has 0 saturated heterocycles. The van der Waals surface area contributed by atoms with Crippen LogP contribution in [0.25, 0.3) is 64.0 Å². The van der Waals surface area contributed by atoms with Crippen molar-refractivity contribution in [2.75, 3.05) is 0 Å². The molecule has 1 unspecified atom stereocenters. The normalized spacial score (nSPS) is 15.0. The first kappa shape index (κ1) is 28.0. The molecule has 0 radical (unpaired) electrons. The van der Waals surface area contributed by atoms with Crippen LogP contribution in [0.1, 0.15) is 22.7 Å². The highest BCUT2D eigenvalue weighted by molar-refractivity contribution is 7.26. The van der Waals surface area contributed by atoms with Gasteiger partial charge in [0.05, 0.1) is 11.3 Å². The average Bonchev–Trinajstić information content (AvgIpc) is 3.73. The predicted octanol–water partition coefficient (Wildman–Crippen LogP) is 12.3. The number of aliphatic imine (C=N–C) groups is 2. The van der Waals surface area contributed by atoms with E-state index < -0.39 is 0 Å². The Morgan fingerprint density at radius 2 is 1.24 bits per heavy atom. The minimum atomic E-state index is -0.320. The molecule has 230 valence electrons. The van der Waals surface area contributed by atoms with Crippen molar-refractivity contribution in [3.63, 3.8) is 0 Å². The molecule has 10 rings (SSSR count). The fourth-order valence-corrected chi connectivity index (χ4v) is 8.47. The van der Waals surface area contributed by atoms with Crippen molar-refractivity contribution in [3.8, 4) is 11.1 Å². The van der Waals surface area contributed by atoms with E-state index in [9.17, 15) is 0 Å². The van der Waals surface area contributed by atoms with Gasteiger partial charge < -0.3 is 4.42 Å². The van der Waals surface area contributed by atoms with Crippen molar-refractivity contribution in [1.82, 2.24) is 0 Å². The molecule has 1 atom stereocenters. The summed E-state index contributed by atoms with van der Waals surface area (Å²) in [6.07, 6.45) is 0. The van der Waals surface area contributed by atoms with Crippen LogP contribution in [0.4, 0.5) is 0 Å². The molecule has 3 nitrogen and oxygen atoms in total. The van der Waals surface area contributed by atoms with E-state index in [2.05, 4.69) is 152 Å². The maximum Gasteiger partial charge on any atom is 0.160 e. The molecule has 1 aliphatic heterocycles. The van der Waals surface area contributed by atoms with Crippen molar-refractivity contribution >= 4 is 75.8 Å². The van der Waals surface area contributed by atoms with Crippen LogP contribution in [0.5, 0.6) is 0 Å². The molecule has 4 heteroatoms. The molecule has 49 heavy (non-hydrogen) atoms. The van der Waals surface area contributed by atoms with E-state index in [1.807, 2.05) is 6.07 Å². The van der Waals surface area contributed by atoms with Crippen LogP contribution in [-0.4, -0.2) is 11.5 Å². The fourth-order valence-electron chi connectivity index (χ4n) is 7.26. The van der Waals surface area contributed by atoms with Crippen molar-refractivity contribution in [3.05, 3.63) is 181 Å². The Labute approximate surface area is 286 Å². The quantitative estimate of drug-likeness (QED) is 0.188. The van der Waals surface area contributed by atoms with E-state index in [0.717, 1.165) is 55.3 Å². The Balaban J connectivity index is 1.18. The maximum atomic E-state index is 6.66. The lowest BCUT2D eigenvalue weighted by atomic mass is 9.90. The lowest BCUT2D eigenvalue weighted by molar-refractivity contribution is 0.668. The van der Waals surface area contributed by atoms with Crippen LogP contribution in [-0.2, 0) is 0 Å². The summed E-state index contributed by atoms with van der Waals surface area (Å²) in [5, 5.41) is 6.96. The molecule has 0 saturated carbocycles. The number of fused-ring (bicyclic) bond motifs is 7. The predicted molar refractivity (Wildman–Crippen MR) is 207 cm³/mol. The number of thiophene rings is 1. The Morgan fingerprint density at radius 3 is 2.08 bits per heavy atom. The summed E-state index contributed by atoms with van der Waals surface area (Å²) in [5.74, 6) is 0.645. The fraction of sp³-hybridized carbons (Fsp3) is 0.0222. The monoisotopic (exact) mass is 644 g/mol. The molecule has 2 aromatic heterocycles. The maximum absolute atomic E-state index is 6.66. The number of para-hydroxylation sites is 1. The Hall–Kier alpha value is -6.10. The van der Waals surface area contributed by atoms with E-state index in [1.54, 1.807) is 11.3 Å². The summed E-state index contributed by atoms with van der Waals surface area (Å²) >= 11 is 1.80. The first-order valence-electron chi connectivity index (χ1n) is 16.5. The van der Waals surface area contributed by atoms with Gasteiger partial charge >= 0.3 is 0 Å². The minimum absolute atomic E-state index is 0.320. The van der Waals surface area contributed by atoms with Gasteiger partial charge in [-0.05, 0) is 51.7 Å². The van der Waals surface area contributed by atoms with Crippen LogP contribution in [0.15, 0.2) is 178 Å². The summed E-state index contributed by atoms with van der Waals surface area (Å²) in [7, 11) is 0. The minimum Gasteiger partial charge on any atom is -0.455 e. The first-order chi connectivity index (χ1) is 24.2. The van der Waals surface area contributed by atoms with E-state index >= 15 is 0 Å². The average molecular weight is 645 g/mol. The molecule has 0 N–H and O–H groups in total. The molecule has 7 aromatic carbocycles. The van der Waals surface area contributed by atoms with Gasteiger partial charge in [-0.25, -0.2) is 4.99 Å². The molecular formula is C45H28N2OS. The molecule has 0 bridgehead atoms. The summed E-state index contributed by atoms with van der Waals surface area (Å²) in [5.41, 5.74) is 8.75. The summed E-state index contributed by atoms with van der Waals surface area (Å²) in [4.78, 5) is 10.7. The van der Waals surface area contributed by atoms with E-state index in [-0.39, 0.29) is 6.04 Å². The number of hydrogen-bond acceptors (Lipinski definition) is 4. The first-order valence-corrected chi connectivity index (χ1v) is 17.3. The van der Waals surface area contributed by atoms with E-state index in [1.165, 1.54) is 36.7 Å². The SMILES string of the molecule is C=C1C(c2cccc3c2sc2ccccc23)=NC(c2cccc3c2oc2cc4ccccc4cc23)=NC1c1ccc(-c2ccccc2)cc1. The number of nitrogens with zero attached hydrogens (tertiary/aromatic N) is 2. The Morgan fingerprint density at radius 1 is 0.571 bits per heavy atom. The van der Waals surface area contributed by atoms with Crippen molar-refractivity contribution in [1.29, 1.82) is 0 Å². The number of hydrogen-bond donors (Lipinski definition) is 0. The molecule has 9 aromatic rings. The van der Waals surface area contributed by atoms with Crippen LogP contribution in [0.2, 0.25) is 0 Å². The molecule has 0 fully saturated rings. The zero-order valence-electron chi connectivity index (χ0n) is 26.4. The zero-order chi connectivity index (χ0) is 32.5. The number of benzene rings is 7. The smallest absolute Gasteiger partial charge is 0.160 e. The number of amidine groups is 1. The molecule has 0 aliphatic carbocycles. The summed E-state index contributed by atoms with van der Waals surface area (Å²) in [6, 6.07) is 53.0. The number of rotatable bonds is 4. The van der Waals surface area contributed by atoms with Gasteiger partial charge in [-0.1, -0.05) is 134 Å². The lowest BCUT2D eigenvalue weighted by Gasteiger charge is -2.24. The van der Waals surface area contributed by atoms with Crippen LogP contribution < -0.4 is 0 Å². The third kappa shape index (κ3) is 4.49.